The fourth-order valence-electron chi connectivity index (χ4n) is 3.73. The SMILES string of the molecule is CC(C)(Oc1ccc(CCC(=O)c2ccc(-c3ccc(C(F)(F)F)cc3)s2)c(Cl)c1C(C)(C)C)C(=O)O. The lowest BCUT2D eigenvalue weighted by Gasteiger charge is -2.29. The van der Waals surface area contributed by atoms with Crippen LogP contribution in [0.1, 0.15) is 67.4 Å². The lowest BCUT2D eigenvalue weighted by molar-refractivity contribution is -0.152. The summed E-state index contributed by atoms with van der Waals surface area (Å²) in [5.74, 6) is -0.840. The Balaban J connectivity index is 1.78. The molecule has 0 saturated heterocycles. The maximum absolute atomic E-state index is 12.9. The number of aliphatic carboxylic acids is 1. The van der Waals surface area contributed by atoms with Gasteiger partial charge < -0.3 is 9.84 Å². The molecule has 3 aromatic rings. The second kappa shape index (κ2) is 10.5. The van der Waals surface area contributed by atoms with Gasteiger partial charge >= 0.3 is 12.1 Å². The van der Waals surface area contributed by atoms with E-state index in [9.17, 15) is 27.9 Å². The van der Waals surface area contributed by atoms with E-state index in [1.165, 1.54) is 37.3 Å². The zero-order chi connectivity index (χ0) is 27.8. The number of hydrogen-bond donors (Lipinski definition) is 1. The highest BCUT2D eigenvalue weighted by Crippen LogP contribution is 2.41. The first kappa shape index (κ1) is 28.7. The third-order valence-electron chi connectivity index (χ3n) is 5.81. The molecular formula is C28H28ClF3O4S. The Labute approximate surface area is 223 Å². The Morgan fingerprint density at radius 3 is 2.11 bits per heavy atom. The molecule has 0 amide bonds. The van der Waals surface area contributed by atoms with Crippen LogP contribution in [-0.2, 0) is 22.8 Å². The molecule has 0 aliphatic heterocycles. The number of aryl methyl sites for hydroxylation is 1. The molecule has 198 valence electrons. The molecule has 0 spiro atoms. The van der Waals surface area contributed by atoms with Gasteiger partial charge in [0.2, 0.25) is 0 Å². The quantitative estimate of drug-likeness (QED) is 0.285. The predicted octanol–water partition coefficient (Wildman–Crippen LogP) is 8.44. The van der Waals surface area contributed by atoms with Crippen LogP contribution >= 0.6 is 22.9 Å². The summed E-state index contributed by atoms with van der Waals surface area (Å²) >= 11 is 7.98. The molecule has 0 atom stereocenters. The zero-order valence-electron chi connectivity index (χ0n) is 21.1. The number of carbonyl (C=O) groups excluding carboxylic acids is 1. The number of thiophene rings is 1. The van der Waals surface area contributed by atoms with E-state index >= 15 is 0 Å². The van der Waals surface area contributed by atoms with Gasteiger partial charge in [0.05, 0.1) is 15.5 Å². The van der Waals surface area contributed by atoms with E-state index in [-0.39, 0.29) is 12.2 Å². The zero-order valence-corrected chi connectivity index (χ0v) is 22.7. The molecule has 2 aromatic carbocycles. The van der Waals surface area contributed by atoms with Crippen molar-refractivity contribution in [2.24, 2.45) is 0 Å². The van der Waals surface area contributed by atoms with Gasteiger partial charge in [-0.05, 0) is 67.1 Å². The third kappa shape index (κ3) is 6.73. The number of rotatable bonds is 8. The minimum atomic E-state index is -4.40. The van der Waals surface area contributed by atoms with Gasteiger partial charge in [0.15, 0.2) is 11.4 Å². The summed E-state index contributed by atoms with van der Waals surface area (Å²) in [4.78, 5) is 25.7. The van der Waals surface area contributed by atoms with Crippen molar-refractivity contribution in [1.29, 1.82) is 0 Å². The average Bonchev–Trinajstić information content (AvgIpc) is 3.27. The number of carboxylic acid groups (broad SMARTS) is 1. The number of ketones is 1. The highest BCUT2D eigenvalue weighted by molar-refractivity contribution is 7.17. The maximum atomic E-state index is 12.9. The summed E-state index contributed by atoms with van der Waals surface area (Å²) in [7, 11) is 0. The van der Waals surface area contributed by atoms with Crippen LogP contribution in [-0.4, -0.2) is 22.5 Å². The molecule has 0 unspecified atom stereocenters. The topological polar surface area (TPSA) is 63.6 Å². The number of Topliss-reactive ketones (excluding diaryl/α,β-unsaturated/α-hetero) is 1. The van der Waals surface area contributed by atoms with Gasteiger partial charge in [-0.25, -0.2) is 4.79 Å². The Morgan fingerprint density at radius 2 is 1.57 bits per heavy atom. The van der Waals surface area contributed by atoms with Crippen LogP contribution in [0.25, 0.3) is 10.4 Å². The van der Waals surface area contributed by atoms with Gasteiger partial charge in [0, 0.05) is 16.9 Å². The van der Waals surface area contributed by atoms with Crippen LogP contribution in [0.4, 0.5) is 13.2 Å². The maximum Gasteiger partial charge on any atom is 0.416 e. The summed E-state index contributed by atoms with van der Waals surface area (Å²) < 4.78 is 44.3. The first-order valence-electron chi connectivity index (χ1n) is 11.6. The molecule has 0 radical (unpaired) electrons. The highest BCUT2D eigenvalue weighted by Gasteiger charge is 2.33. The molecule has 37 heavy (non-hydrogen) atoms. The van der Waals surface area contributed by atoms with E-state index in [1.807, 2.05) is 20.8 Å². The normalized spacial score (nSPS) is 12.5. The molecule has 1 N–H and O–H groups in total. The number of hydrogen-bond acceptors (Lipinski definition) is 4. The van der Waals surface area contributed by atoms with Crippen LogP contribution in [0, 0.1) is 0 Å². The van der Waals surface area contributed by atoms with E-state index in [1.54, 1.807) is 24.3 Å². The van der Waals surface area contributed by atoms with Gasteiger partial charge in [-0.3, -0.25) is 4.79 Å². The molecule has 9 heteroatoms. The van der Waals surface area contributed by atoms with Crippen LogP contribution in [0.5, 0.6) is 5.75 Å². The van der Waals surface area contributed by atoms with Gasteiger partial charge in [-0.2, -0.15) is 13.2 Å². The summed E-state index contributed by atoms with van der Waals surface area (Å²) in [6.07, 6.45) is -3.87. The summed E-state index contributed by atoms with van der Waals surface area (Å²) in [5.41, 5.74) is -0.627. The van der Waals surface area contributed by atoms with Crippen molar-refractivity contribution in [2.45, 2.75) is 64.7 Å². The van der Waals surface area contributed by atoms with E-state index in [0.717, 1.165) is 17.7 Å². The average molecular weight is 553 g/mol. The van der Waals surface area contributed by atoms with E-state index in [4.69, 9.17) is 16.3 Å². The molecule has 3 rings (SSSR count). The van der Waals surface area contributed by atoms with Gasteiger partial charge in [-0.1, -0.05) is 50.6 Å². The van der Waals surface area contributed by atoms with Crippen LogP contribution in [0.15, 0.2) is 48.5 Å². The monoisotopic (exact) mass is 552 g/mol. The van der Waals surface area contributed by atoms with Gasteiger partial charge in [-0.15, -0.1) is 11.3 Å². The minimum absolute atomic E-state index is 0.108. The predicted molar refractivity (Wildman–Crippen MR) is 140 cm³/mol. The van der Waals surface area contributed by atoms with Crippen molar-refractivity contribution in [3.05, 3.63) is 75.1 Å². The minimum Gasteiger partial charge on any atom is -0.478 e. The van der Waals surface area contributed by atoms with E-state index in [2.05, 4.69) is 0 Å². The summed E-state index contributed by atoms with van der Waals surface area (Å²) in [6, 6.07) is 11.7. The molecule has 1 aromatic heterocycles. The molecule has 0 aliphatic rings. The van der Waals surface area contributed by atoms with E-state index in [0.29, 0.717) is 38.1 Å². The molecule has 0 bridgehead atoms. The second-order valence-electron chi connectivity index (χ2n) is 10.2. The first-order valence-corrected chi connectivity index (χ1v) is 12.7. The molecule has 1 heterocycles. The van der Waals surface area contributed by atoms with Crippen molar-refractivity contribution in [3.8, 4) is 16.2 Å². The Hall–Kier alpha value is -2.84. The number of carbonyl (C=O) groups is 2. The second-order valence-corrected chi connectivity index (χ2v) is 11.7. The fraction of sp³-hybridized carbons (Fsp3) is 0.357. The lowest BCUT2D eigenvalue weighted by atomic mass is 9.84. The molecular weight excluding hydrogens is 525 g/mol. The number of benzene rings is 2. The van der Waals surface area contributed by atoms with Crippen molar-refractivity contribution >= 4 is 34.7 Å². The van der Waals surface area contributed by atoms with Crippen molar-refractivity contribution in [1.82, 2.24) is 0 Å². The molecule has 0 saturated carbocycles. The molecule has 0 fully saturated rings. The summed E-state index contributed by atoms with van der Waals surface area (Å²) in [6.45, 7) is 8.75. The van der Waals surface area contributed by atoms with Crippen molar-refractivity contribution in [2.75, 3.05) is 0 Å². The Kier molecular flexibility index (Phi) is 8.15. The van der Waals surface area contributed by atoms with Gasteiger partial charge in [0.1, 0.15) is 5.75 Å². The first-order chi connectivity index (χ1) is 17.0. The largest absolute Gasteiger partial charge is 0.478 e. The molecule has 4 nitrogen and oxygen atoms in total. The number of ether oxygens (including phenoxy) is 1. The van der Waals surface area contributed by atoms with Crippen LogP contribution in [0.2, 0.25) is 5.02 Å². The van der Waals surface area contributed by atoms with Crippen molar-refractivity contribution < 1.29 is 32.6 Å². The van der Waals surface area contributed by atoms with Gasteiger partial charge in [0.25, 0.3) is 0 Å². The highest BCUT2D eigenvalue weighted by atomic mass is 35.5. The number of halogens is 4. The van der Waals surface area contributed by atoms with E-state index < -0.39 is 28.7 Å². The Bertz CT molecular complexity index is 1300. The lowest BCUT2D eigenvalue weighted by Crippen LogP contribution is -2.38. The van der Waals surface area contributed by atoms with Crippen LogP contribution < -0.4 is 4.74 Å². The number of carboxylic acids is 1. The third-order valence-corrected chi connectivity index (χ3v) is 7.42. The van der Waals surface area contributed by atoms with Crippen LogP contribution in [0.3, 0.4) is 0 Å². The summed E-state index contributed by atoms with van der Waals surface area (Å²) in [5, 5.41) is 9.88. The fourth-order valence-corrected chi connectivity index (χ4v) is 5.25. The molecule has 0 aliphatic carbocycles. The number of alkyl halides is 3. The van der Waals surface area contributed by atoms with Crippen molar-refractivity contribution in [3.63, 3.8) is 0 Å². The smallest absolute Gasteiger partial charge is 0.416 e. The Morgan fingerprint density at radius 1 is 0.946 bits per heavy atom. The standard InChI is InChI=1S/C28H28ClF3O4S/c1-26(2,3)23-20(36-27(4,5)25(34)35)13-9-17(24(23)29)8-12-19(33)22-15-14-21(37-22)16-6-10-18(11-7-16)28(30,31)32/h6-7,9-11,13-15H,8,12H2,1-5H3,(H,34,35).